The van der Waals surface area contributed by atoms with E-state index in [0.717, 1.165) is 21.4 Å². The van der Waals surface area contributed by atoms with Gasteiger partial charge in [-0.05, 0) is 32.2 Å². The van der Waals surface area contributed by atoms with E-state index in [1.54, 1.807) is 11.8 Å². The Morgan fingerprint density at radius 2 is 2.26 bits per heavy atom. The van der Waals surface area contributed by atoms with Gasteiger partial charge >= 0.3 is 0 Å². The molecule has 1 aromatic carbocycles. The number of aryl methyl sites for hydroxylation is 1. The Bertz CT molecular complexity index is 607. The van der Waals surface area contributed by atoms with E-state index < -0.39 is 0 Å². The second kappa shape index (κ2) is 5.84. The van der Waals surface area contributed by atoms with E-state index in [-0.39, 0.29) is 11.9 Å². The summed E-state index contributed by atoms with van der Waals surface area (Å²) in [5.74, 6) is 0.827. The molecule has 3 N–H and O–H groups in total. The van der Waals surface area contributed by atoms with Crippen LogP contribution in [0.15, 0.2) is 18.2 Å². The maximum absolute atomic E-state index is 12.2. The Morgan fingerprint density at radius 1 is 1.53 bits per heavy atom. The molecule has 0 saturated carbocycles. The van der Waals surface area contributed by atoms with Crippen molar-refractivity contribution in [3.05, 3.63) is 28.6 Å². The summed E-state index contributed by atoms with van der Waals surface area (Å²) in [7, 11) is 0. The topological polar surface area (TPSA) is 55.1 Å². The lowest BCUT2D eigenvalue weighted by molar-refractivity contribution is 0.0948. The number of anilines is 1. The highest BCUT2D eigenvalue weighted by atomic mass is 32.2. The molecule has 0 saturated heterocycles. The van der Waals surface area contributed by atoms with Crippen LogP contribution in [-0.2, 0) is 0 Å². The minimum Gasteiger partial charge on any atom is -0.397 e. The summed E-state index contributed by atoms with van der Waals surface area (Å²) in [5, 5.41) is 3.96. The standard InChI is InChI=1S/C14H18N2OS2/c1-8-4-5-11-10(6-8)12(15)13(19-11)14(17)16-9(2)7-18-3/h4-6,9H,7,15H2,1-3H3,(H,16,17). The van der Waals surface area contributed by atoms with Gasteiger partial charge < -0.3 is 11.1 Å². The van der Waals surface area contributed by atoms with Gasteiger partial charge in [0.05, 0.1) is 5.69 Å². The van der Waals surface area contributed by atoms with Crippen molar-refractivity contribution in [3.8, 4) is 0 Å². The van der Waals surface area contributed by atoms with E-state index in [1.807, 2.05) is 38.3 Å². The monoisotopic (exact) mass is 294 g/mol. The van der Waals surface area contributed by atoms with Crippen LogP contribution in [0.3, 0.4) is 0 Å². The van der Waals surface area contributed by atoms with E-state index in [0.29, 0.717) is 10.6 Å². The fourth-order valence-corrected chi connectivity index (χ4v) is 3.57. The van der Waals surface area contributed by atoms with E-state index >= 15 is 0 Å². The van der Waals surface area contributed by atoms with Crippen LogP contribution in [0.2, 0.25) is 0 Å². The molecule has 0 spiro atoms. The molecule has 1 amide bonds. The molecule has 2 rings (SSSR count). The number of hydrogen-bond acceptors (Lipinski definition) is 4. The molecule has 1 aromatic heterocycles. The van der Waals surface area contributed by atoms with Crippen molar-refractivity contribution < 1.29 is 4.79 Å². The molecule has 0 aliphatic heterocycles. The first-order chi connectivity index (χ1) is 9.02. The first-order valence-electron chi connectivity index (χ1n) is 6.11. The lowest BCUT2D eigenvalue weighted by Gasteiger charge is -2.11. The Hall–Kier alpha value is -1.20. The van der Waals surface area contributed by atoms with E-state index in [1.165, 1.54) is 11.3 Å². The normalized spacial score (nSPS) is 12.6. The van der Waals surface area contributed by atoms with E-state index in [2.05, 4.69) is 5.32 Å². The van der Waals surface area contributed by atoms with Crippen molar-refractivity contribution in [3.63, 3.8) is 0 Å². The number of carbonyl (C=O) groups excluding carboxylic acids is 1. The van der Waals surface area contributed by atoms with Crippen LogP contribution in [0.5, 0.6) is 0 Å². The van der Waals surface area contributed by atoms with Crippen molar-refractivity contribution in [1.29, 1.82) is 0 Å². The molecule has 0 bridgehead atoms. The van der Waals surface area contributed by atoms with Crippen LogP contribution in [-0.4, -0.2) is 24.0 Å². The number of thioether (sulfide) groups is 1. The molecule has 0 radical (unpaired) electrons. The van der Waals surface area contributed by atoms with Gasteiger partial charge in [-0.25, -0.2) is 0 Å². The molecule has 0 aliphatic carbocycles. The first kappa shape index (κ1) is 14.2. The molecule has 2 aromatic rings. The summed E-state index contributed by atoms with van der Waals surface area (Å²) in [6.45, 7) is 4.03. The average Bonchev–Trinajstić information content (AvgIpc) is 2.67. The van der Waals surface area contributed by atoms with Gasteiger partial charge in [-0.3, -0.25) is 4.79 Å². The average molecular weight is 294 g/mol. The predicted molar refractivity (Wildman–Crippen MR) is 86.3 cm³/mol. The number of benzene rings is 1. The van der Waals surface area contributed by atoms with Gasteiger partial charge in [0.2, 0.25) is 0 Å². The number of fused-ring (bicyclic) bond motifs is 1. The summed E-state index contributed by atoms with van der Waals surface area (Å²) in [5.41, 5.74) is 7.85. The third-order valence-electron chi connectivity index (χ3n) is 2.88. The van der Waals surface area contributed by atoms with Gasteiger partial charge in [-0.2, -0.15) is 11.8 Å². The highest BCUT2D eigenvalue weighted by molar-refractivity contribution is 7.98. The number of amides is 1. The number of nitrogen functional groups attached to an aromatic ring is 1. The van der Waals surface area contributed by atoms with Gasteiger partial charge in [0.15, 0.2) is 0 Å². The maximum Gasteiger partial charge on any atom is 0.263 e. The van der Waals surface area contributed by atoms with Crippen LogP contribution in [0.1, 0.15) is 22.2 Å². The lowest BCUT2D eigenvalue weighted by Crippen LogP contribution is -2.34. The number of nitrogens with one attached hydrogen (secondary N) is 1. The van der Waals surface area contributed by atoms with Crippen molar-refractivity contribution in [2.24, 2.45) is 0 Å². The summed E-state index contributed by atoms with van der Waals surface area (Å²) < 4.78 is 1.06. The Labute approximate surface area is 121 Å². The summed E-state index contributed by atoms with van der Waals surface area (Å²) >= 11 is 3.17. The van der Waals surface area contributed by atoms with Crippen molar-refractivity contribution in [2.45, 2.75) is 19.9 Å². The fourth-order valence-electron chi connectivity index (χ4n) is 1.98. The zero-order chi connectivity index (χ0) is 14.0. The van der Waals surface area contributed by atoms with E-state index in [9.17, 15) is 4.79 Å². The molecule has 0 fully saturated rings. The number of carbonyl (C=O) groups is 1. The minimum absolute atomic E-state index is 0.0714. The molecule has 5 heteroatoms. The molecule has 102 valence electrons. The first-order valence-corrected chi connectivity index (χ1v) is 8.32. The zero-order valence-electron chi connectivity index (χ0n) is 11.3. The van der Waals surface area contributed by atoms with Crippen molar-refractivity contribution in [1.82, 2.24) is 5.32 Å². The Balaban J connectivity index is 2.30. The van der Waals surface area contributed by atoms with Gasteiger partial charge in [0.1, 0.15) is 4.88 Å². The molecule has 1 unspecified atom stereocenters. The van der Waals surface area contributed by atoms with Crippen LogP contribution in [0.4, 0.5) is 5.69 Å². The van der Waals surface area contributed by atoms with Gasteiger partial charge in [-0.15, -0.1) is 11.3 Å². The molecular weight excluding hydrogens is 276 g/mol. The SMILES string of the molecule is CSCC(C)NC(=O)c1sc2ccc(C)cc2c1N. The highest BCUT2D eigenvalue weighted by Gasteiger charge is 2.17. The lowest BCUT2D eigenvalue weighted by atomic mass is 10.1. The van der Waals surface area contributed by atoms with Crippen LogP contribution >= 0.6 is 23.1 Å². The van der Waals surface area contributed by atoms with Gasteiger partial charge in [0, 0.05) is 21.9 Å². The number of nitrogens with two attached hydrogens (primary N) is 1. The van der Waals surface area contributed by atoms with Crippen LogP contribution in [0, 0.1) is 6.92 Å². The summed E-state index contributed by atoms with van der Waals surface area (Å²) in [6.07, 6.45) is 2.03. The van der Waals surface area contributed by atoms with Crippen molar-refractivity contribution in [2.75, 3.05) is 17.7 Å². The molecular formula is C14H18N2OS2. The Morgan fingerprint density at radius 3 is 2.95 bits per heavy atom. The fraction of sp³-hybridized carbons (Fsp3) is 0.357. The second-order valence-electron chi connectivity index (χ2n) is 4.67. The minimum atomic E-state index is -0.0714. The van der Waals surface area contributed by atoms with Crippen molar-refractivity contribution >= 4 is 44.8 Å². The molecule has 3 nitrogen and oxygen atoms in total. The summed E-state index contributed by atoms with van der Waals surface area (Å²) in [6, 6.07) is 6.24. The smallest absolute Gasteiger partial charge is 0.263 e. The van der Waals surface area contributed by atoms with Gasteiger partial charge in [0.25, 0.3) is 5.91 Å². The van der Waals surface area contributed by atoms with Gasteiger partial charge in [-0.1, -0.05) is 11.6 Å². The molecule has 0 aliphatic rings. The number of rotatable bonds is 4. The molecule has 1 heterocycles. The molecule has 19 heavy (non-hydrogen) atoms. The zero-order valence-corrected chi connectivity index (χ0v) is 13.0. The maximum atomic E-state index is 12.2. The number of thiophene rings is 1. The number of hydrogen-bond donors (Lipinski definition) is 2. The van der Waals surface area contributed by atoms with E-state index in [4.69, 9.17) is 5.73 Å². The highest BCUT2D eigenvalue weighted by Crippen LogP contribution is 2.34. The third kappa shape index (κ3) is 3.04. The second-order valence-corrected chi connectivity index (χ2v) is 6.64. The largest absolute Gasteiger partial charge is 0.397 e. The predicted octanol–water partition coefficient (Wildman–Crippen LogP) is 3.27. The quantitative estimate of drug-likeness (QED) is 0.910. The third-order valence-corrected chi connectivity index (χ3v) is 4.90. The summed E-state index contributed by atoms with van der Waals surface area (Å²) in [4.78, 5) is 12.8. The Kier molecular flexibility index (Phi) is 4.37. The molecule has 1 atom stereocenters. The van der Waals surface area contributed by atoms with Crippen LogP contribution in [0.25, 0.3) is 10.1 Å². The van der Waals surface area contributed by atoms with Crippen LogP contribution < -0.4 is 11.1 Å².